The van der Waals surface area contributed by atoms with Gasteiger partial charge in [0, 0.05) is 58.3 Å². The summed E-state index contributed by atoms with van der Waals surface area (Å²) < 4.78 is 12.9. The van der Waals surface area contributed by atoms with Crippen LogP contribution in [0, 0.1) is 0 Å². The van der Waals surface area contributed by atoms with E-state index < -0.39 is 35.2 Å². The number of aromatic hydroxyl groups is 1. The molecule has 12 nitrogen and oxygen atoms in total. The highest BCUT2D eigenvalue weighted by molar-refractivity contribution is 5.90. The van der Waals surface area contributed by atoms with Crippen molar-refractivity contribution in [2.24, 2.45) is 0 Å². The number of phenols is 1. The number of likely N-dealkylation sites (tertiary alicyclic amines) is 1. The van der Waals surface area contributed by atoms with Crippen molar-refractivity contribution in [2.45, 2.75) is 68.2 Å². The number of hydrogen-bond acceptors (Lipinski definition) is 8. The third kappa shape index (κ3) is 5.33. The number of nitrogens with zero attached hydrogens (tertiary/aromatic N) is 2. The molecule has 2 aromatic carbocycles. The number of amides is 3. The molecule has 6 rings (SSSR count). The van der Waals surface area contributed by atoms with Gasteiger partial charge in [-0.25, -0.2) is 4.79 Å². The fourth-order valence-electron chi connectivity index (χ4n) is 8.47. The zero-order valence-electron chi connectivity index (χ0n) is 27.1. The molecule has 1 saturated heterocycles. The van der Waals surface area contributed by atoms with Crippen molar-refractivity contribution in [1.29, 1.82) is 0 Å². The van der Waals surface area contributed by atoms with Crippen LogP contribution in [-0.4, -0.2) is 107 Å². The van der Waals surface area contributed by atoms with Gasteiger partial charge in [-0.2, -0.15) is 0 Å². The summed E-state index contributed by atoms with van der Waals surface area (Å²) in [7, 11) is 3.69. The summed E-state index contributed by atoms with van der Waals surface area (Å²) in [6.45, 7) is 6.95. The van der Waals surface area contributed by atoms with E-state index in [1.165, 1.54) is 24.0 Å². The SMILES string of the molecule is C=CC[N+]1(C)CC[C@]23c4c5ccc(OC(=O)N(C)CCNC(=O)[C@H](Cc6ccc(O)cc6)NC(C)=O)c4O[C@H]2C(=O)CC[C@@]3(O)[C@H]1C5. The third-order valence-electron chi connectivity index (χ3n) is 10.8. The van der Waals surface area contributed by atoms with E-state index in [2.05, 4.69) is 24.3 Å². The van der Waals surface area contributed by atoms with Crippen LogP contribution in [0.2, 0.25) is 0 Å². The molecule has 2 aromatic rings. The lowest BCUT2D eigenvalue weighted by Crippen LogP contribution is -2.80. The van der Waals surface area contributed by atoms with E-state index in [-0.39, 0.29) is 55.2 Å². The summed E-state index contributed by atoms with van der Waals surface area (Å²) in [6, 6.07) is 9.00. The number of benzene rings is 2. The molecule has 12 heteroatoms. The van der Waals surface area contributed by atoms with Crippen molar-refractivity contribution < 1.29 is 43.3 Å². The van der Waals surface area contributed by atoms with Crippen LogP contribution in [0.5, 0.6) is 17.2 Å². The first kappa shape index (κ1) is 32.5. The maximum absolute atomic E-state index is 13.3. The van der Waals surface area contributed by atoms with Crippen molar-refractivity contribution >= 4 is 23.7 Å². The smallest absolute Gasteiger partial charge is 0.415 e. The zero-order valence-corrected chi connectivity index (χ0v) is 27.1. The number of carbonyl (C=O) groups excluding carboxylic acids is 4. The van der Waals surface area contributed by atoms with E-state index in [1.807, 2.05) is 12.1 Å². The number of rotatable bonds is 10. The van der Waals surface area contributed by atoms with Gasteiger partial charge in [0.25, 0.3) is 0 Å². The van der Waals surface area contributed by atoms with E-state index >= 15 is 0 Å². The van der Waals surface area contributed by atoms with E-state index in [9.17, 15) is 29.4 Å². The fraction of sp³-hybridized carbons (Fsp3) is 0.486. The van der Waals surface area contributed by atoms with Gasteiger partial charge in [0.1, 0.15) is 23.4 Å². The summed E-state index contributed by atoms with van der Waals surface area (Å²) in [6.07, 6.45) is 2.33. The Morgan fingerprint density at radius 2 is 1.96 bits per heavy atom. The molecule has 47 heavy (non-hydrogen) atoms. The number of likely N-dealkylation sites (N-methyl/N-ethyl adjacent to an activating group) is 2. The van der Waals surface area contributed by atoms with Gasteiger partial charge in [-0.3, -0.25) is 14.4 Å². The number of phenolic OH excluding ortho intramolecular Hbond substituents is 1. The maximum atomic E-state index is 13.3. The van der Waals surface area contributed by atoms with Gasteiger partial charge in [0.05, 0.1) is 25.6 Å². The van der Waals surface area contributed by atoms with E-state index in [1.54, 1.807) is 25.2 Å². The number of ether oxygens (including phenoxy) is 2. The summed E-state index contributed by atoms with van der Waals surface area (Å²) in [4.78, 5) is 52.6. The van der Waals surface area contributed by atoms with Crippen LogP contribution < -0.4 is 20.1 Å². The standard InChI is InChI=1S/C35H42N4O8/c1-5-17-39(4)18-14-34-29-23-8-11-27(30(29)47-31(34)26(42)12-13-35(34,45)28(39)20-23)46-33(44)38(3)16-15-36-32(43)25(37-21(2)40)19-22-6-9-24(41)10-7-22/h5-11,25,28,31,45H,1,12-20H2,2-4H3,(H2-,36,37,40,41,43)/p+1/t25-,28+,31-,34-,35+,39?/m0/s1. The Bertz CT molecular complexity index is 1630. The molecule has 2 aliphatic heterocycles. The first-order valence-corrected chi connectivity index (χ1v) is 16.1. The van der Waals surface area contributed by atoms with Crippen LogP contribution >= 0.6 is 0 Å². The molecule has 1 saturated carbocycles. The van der Waals surface area contributed by atoms with Gasteiger partial charge in [-0.1, -0.05) is 24.8 Å². The second-order valence-electron chi connectivity index (χ2n) is 13.6. The van der Waals surface area contributed by atoms with Crippen LogP contribution in [0.25, 0.3) is 0 Å². The summed E-state index contributed by atoms with van der Waals surface area (Å²) in [5, 5.41) is 27.5. The normalized spacial score (nSPS) is 28.7. The Morgan fingerprint density at radius 1 is 1.21 bits per heavy atom. The van der Waals surface area contributed by atoms with Crippen LogP contribution in [-0.2, 0) is 32.6 Å². The second kappa shape index (κ2) is 12.0. The minimum absolute atomic E-state index is 0.0505. The molecule has 2 heterocycles. The first-order chi connectivity index (χ1) is 22.3. The molecule has 2 fully saturated rings. The molecular formula is C35H43N4O8+. The van der Waals surface area contributed by atoms with Crippen molar-refractivity contribution in [1.82, 2.24) is 15.5 Å². The lowest BCUT2D eigenvalue weighted by molar-refractivity contribution is -0.944. The molecule has 2 aliphatic carbocycles. The van der Waals surface area contributed by atoms with Crippen molar-refractivity contribution in [2.75, 3.05) is 40.3 Å². The van der Waals surface area contributed by atoms with Crippen LogP contribution in [0.15, 0.2) is 49.1 Å². The lowest BCUT2D eigenvalue weighted by atomic mass is 9.48. The van der Waals surface area contributed by atoms with E-state index in [0.717, 1.165) is 23.2 Å². The van der Waals surface area contributed by atoms with Crippen LogP contribution in [0.4, 0.5) is 4.79 Å². The minimum atomic E-state index is -1.16. The Kier molecular flexibility index (Phi) is 8.29. The summed E-state index contributed by atoms with van der Waals surface area (Å²) >= 11 is 0. The quantitative estimate of drug-likeness (QED) is 0.225. The largest absolute Gasteiger partial charge is 0.508 e. The van der Waals surface area contributed by atoms with Gasteiger partial charge in [0.15, 0.2) is 23.4 Å². The first-order valence-electron chi connectivity index (χ1n) is 16.1. The number of quaternary nitrogens is 1. The molecule has 0 radical (unpaired) electrons. The molecule has 4 N–H and O–H groups in total. The van der Waals surface area contributed by atoms with E-state index in [0.29, 0.717) is 36.0 Å². The van der Waals surface area contributed by atoms with Crippen LogP contribution in [0.1, 0.15) is 42.9 Å². The Balaban J connectivity index is 1.15. The summed E-state index contributed by atoms with van der Waals surface area (Å²) in [5.74, 6) is -0.193. The number of ketones is 1. The average molecular weight is 648 g/mol. The maximum Gasteiger partial charge on any atom is 0.415 e. The number of nitrogens with one attached hydrogen (secondary N) is 2. The molecule has 0 aromatic heterocycles. The zero-order chi connectivity index (χ0) is 33.7. The predicted molar refractivity (Wildman–Crippen MR) is 171 cm³/mol. The van der Waals surface area contributed by atoms with Crippen molar-refractivity contribution in [3.8, 4) is 17.2 Å². The average Bonchev–Trinajstić information content (AvgIpc) is 3.39. The molecule has 1 unspecified atom stereocenters. The summed E-state index contributed by atoms with van der Waals surface area (Å²) in [5.41, 5.74) is 0.479. The lowest BCUT2D eigenvalue weighted by Gasteiger charge is -2.64. The van der Waals surface area contributed by atoms with Gasteiger partial charge in [-0.15, -0.1) is 0 Å². The predicted octanol–water partition coefficient (Wildman–Crippen LogP) is 1.74. The second-order valence-corrected chi connectivity index (χ2v) is 13.6. The van der Waals surface area contributed by atoms with Gasteiger partial charge < -0.3 is 39.7 Å². The van der Waals surface area contributed by atoms with Crippen LogP contribution in [0.3, 0.4) is 0 Å². The number of aliphatic hydroxyl groups is 1. The highest BCUT2D eigenvalue weighted by atomic mass is 16.6. The molecule has 4 aliphatic rings. The van der Waals surface area contributed by atoms with E-state index in [4.69, 9.17) is 9.47 Å². The molecular weight excluding hydrogens is 604 g/mol. The molecule has 250 valence electrons. The van der Waals surface area contributed by atoms with Gasteiger partial charge in [-0.05, 0) is 41.8 Å². The molecule has 1 spiro atoms. The number of piperidine rings is 1. The van der Waals surface area contributed by atoms with Crippen molar-refractivity contribution in [3.63, 3.8) is 0 Å². The molecule has 6 atom stereocenters. The number of hydrogen-bond donors (Lipinski definition) is 4. The number of Topliss-reactive ketones (excluding diaryl/α,β-unsaturated/α-hetero) is 1. The molecule has 3 amide bonds. The highest BCUT2D eigenvalue weighted by Gasteiger charge is 2.76. The molecule has 2 bridgehead atoms. The van der Waals surface area contributed by atoms with Gasteiger partial charge in [0.2, 0.25) is 11.8 Å². The third-order valence-corrected chi connectivity index (χ3v) is 10.8. The Labute approximate surface area is 273 Å². The monoisotopic (exact) mass is 647 g/mol. The van der Waals surface area contributed by atoms with Gasteiger partial charge >= 0.3 is 6.09 Å². The highest BCUT2D eigenvalue weighted by Crippen LogP contribution is 2.65. The Hall–Kier alpha value is -4.42. The fourth-order valence-corrected chi connectivity index (χ4v) is 8.47. The minimum Gasteiger partial charge on any atom is -0.508 e. The van der Waals surface area contributed by atoms with Crippen molar-refractivity contribution in [3.05, 3.63) is 65.7 Å². The Morgan fingerprint density at radius 3 is 2.66 bits per heavy atom. The number of carbonyl (C=O) groups is 4. The topological polar surface area (TPSA) is 154 Å².